The van der Waals surface area contributed by atoms with Gasteiger partial charge in [-0.25, -0.2) is 0 Å². The topological polar surface area (TPSA) is 29.5 Å². The highest BCUT2D eigenvalue weighted by molar-refractivity contribution is 9.10. The number of halogens is 2. The zero-order valence-electron chi connectivity index (χ0n) is 9.69. The van der Waals surface area contributed by atoms with Crippen LogP contribution in [-0.4, -0.2) is 5.11 Å². The minimum Gasteiger partial charge on any atom is -0.488 e. The number of aliphatic hydroxyl groups is 1. The van der Waals surface area contributed by atoms with E-state index >= 15 is 0 Å². The zero-order chi connectivity index (χ0) is 13.1. The van der Waals surface area contributed by atoms with Crippen LogP contribution < -0.4 is 4.74 Å². The van der Waals surface area contributed by atoms with Gasteiger partial charge in [-0.2, -0.15) is 0 Å². The van der Waals surface area contributed by atoms with Crippen LogP contribution in [0.5, 0.6) is 5.75 Å². The first-order valence-corrected chi connectivity index (χ1v) is 7.86. The molecule has 1 N–H and O–H groups in total. The molecule has 2 rings (SSSR count). The molecule has 1 aromatic heterocycles. The number of rotatable bonds is 4. The molecular formula is C13H12Br2O2S. The summed E-state index contributed by atoms with van der Waals surface area (Å²) in [6.45, 7) is 2.23. The third-order valence-electron chi connectivity index (χ3n) is 2.48. The fourth-order valence-electron chi connectivity index (χ4n) is 1.55. The number of thiophene rings is 1. The molecule has 0 aliphatic rings. The number of hydrogen-bond donors (Lipinski definition) is 1. The average molecular weight is 392 g/mol. The van der Waals surface area contributed by atoms with E-state index < -0.39 is 6.10 Å². The Labute approximate surface area is 127 Å². The second-order valence-corrected chi connectivity index (χ2v) is 6.61. The third kappa shape index (κ3) is 3.35. The molecule has 5 heteroatoms. The van der Waals surface area contributed by atoms with Crippen molar-refractivity contribution in [2.24, 2.45) is 0 Å². The van der Waals surface area contributed by atoms with Gasteiger partial charge in [-0.15, -0.1) is 11.3 Å². The van der Waals surface area contributed by atoms with Crippen LogP contribution in [0.1, 0.15) is 23.5 Å². The van der Waals surface area contributed by atoms with Crippen molar-refractivity contribution in [1.82, 2.24) is 0 Å². The summed E-state index contributed by atoms with van der Waals surface area (Å²) in [5, 5.41) is 11.7. The van der Waals surface area contributed by atoms with Crippen LogP contribution in [0.2, 0.25) is 0 Å². The minimum absolute atomic E-state index is 0.494. The maximum absolute atomic E-state index is 9.71. The van der Waals surface area contributed by atoms with Crippen molar-refractivity contribution in [3.63, 3.8) is 0 Å². The molecule has 0 saturated heterocycles. The largest absolute Gasteiger partial charge is 0.488 e. The SMILES string of the molecule is CC(O)c1ccc(Br)cc1OCc1sccc1Br. The number of hydrogen-bond acceptors (Lipinski definition) is 3. The van der Waals surface area contributed by atoms with Gasteiger partial charge in [0.25, 0.3) is 0 Å². The highest BCUT2D eigenvalue weighted by atomic mass is 79.9. The molecule has 0 bridgehead atoms. The van der Waals surface area contributed by atoms with Crippen LogP contribution in [0, 0.1) is 0 Å². The normalized spacial score (nSPS) is 12.4. The predicted molar refractivity (Wildman–Crippen MR) is 81.1 cm³/mol. The molecule has 0 radical (unpaired) electrons. The number of ether oxygens (including phenoxy) is 1. The fourth-order valence-corrected chi connectivity index (χ4v) is 3.27. The number of benzene rings is 1. The molecule has 2 nitrogen and oxygen atoms in total. The van der Waals surface area contributed by atoms with Crippen molar-refractivity contribution in [3.05, 3.63) is 49.0 Å². The van der Waals surface area contributed by atoms with E-state index in [1.165, 1.54) is 0 Å². The van der Waals surface area contributed by atoms with Crippen LogP contribution in [0.4, 0.5) is 0 Å². The first-order chi connectivity index (χ1) is 8.58. The summed E-state index contributed by atoms with van der Waals surface area (Å²) in [5.41, 5.74) is 0.797. The van der Waals surface area contributed by atoms with Gasteiger partial charge in [-0.05, 0) is 46.4 Å². The van der Waals surface area contributed by atoms with Crippen LogP contribution >= 0.6 is 43.2 Å². The Balaban J connectivity index is 2.18. The fraction of sp³-hybridized carbons (Fsp3) is 0.231. The van der Waals surface area contributed by atoms with Gasteiger partial charge in [-0.3, -0.25) is 0 Å². The van der Waals surface area contributed by atoms with E-state index in [-0.39, 0.29) is 0 Å². The van der Waals surface area contributed by atoms with E-state index in [9.17, 15) is 5.11 Å². The summed E-state index contributed by atoms with van der Waals surface area (Å²) in [4.78, 5) is 1.13. The van der Waals surface area contributed by atoms with Crippen molar-refractivity contribution in [3.8, 4) is 5.75 Å². The highest BCUT2D eigenvalue weighted by Gasteiger charge is 2.11. The van der Waals surface area contributed by atoms with E-state index in [1.54, 1.807) is 18.3 Å². The lowest BCUT2D eigenvalue weighted by Crippen LogP contribution is -2.00. The molecule has 1 aromatic carbocycles. The predicted octanol–water partition coefficient (Wildman–Crippen LogP) is 4.91. The second-order valence-electron chi connectivity index (χ2n) is 3.84. The molecule has 0 aliphatic heterocycles. The second kappa shape index (κ2) is 6.19. The number of aliphatic hydroxyl groups excluding tert-OH is 1. The summed E-state index contributed by atoms with van der Waals surface area (Å²) in [6.07, 6.45) is -0.542. The Morgan fingerprint density at radius 1 is 1.33 bits per heavy atom. The lowest BCUT2D eigenvalue weighted by molar-refractivity contribution is 0.190. The molecule has 1 unspecified atom stereocenters. The van der Waals surface area contributed by atoms with Crippen molar-refractivity contribution >= 4 is 43.2 Å². The van der Waals surface area contributed by atoms with Gasteiger partial charge in [0.15, 0.2) is 0 Å². The van der Waals surface area contributed by atoms with E-state index in [0.29, 0.717) is 12.4 Å². The molecule has 2 aromatic rings. The van der Waals surface area contributed by atoms with Crippen LogP contribution in [0.15, 0.2) is 38.6 Å². The third-order valence-corrected chi connectivity index (χ3v) is 4.87. The Bertz CT molecular complexity index is 538. The Kier molecular flexibility index (Phi) is 4.84. The zero-order valence-corrected chi connectivity index (χ0v) is 13.7. The van der Waals surface area contributed by atoms with Gasteiger partial charge in [0, 0.05) is 14.5 Å². The van der Waals surface area contributed by atoms with Gasteiger partial charge >= 0.3 is 0 Å². The quantitative estimate of drug-likeness (QED) is 0.802. The first kappa shape index (κ1) is 14.1. The Morgan fingerprint density at radius 3 is 2.72 bits per heavy atom. The maximum atomic E-state index is 9.71. The lowest BCUT2D eigenvalue weighted by atomic mass is 10.1. The highest BCUT2D eigenvalue weighted by Crippen LogP contribution is 2.31. The monoisotopic (exact) mass is 390 g/mol. The molecule has 96 valence electrons. The van der Waals surface area contributed by atoms with Crippen LogP contribution in [0.25, 0.3) is 0 Å². The van der Waals surface area contributed by atoms with Crippen molar-refractivity contribution < 1.29 is 9.84 Å². The van der Waals surface area contributed by atoms with Crippen molar-refractivity contribution in [2.75, 3.05) is 0 Å². The first-order valence-electron chi connectivity index (χ1n) is 5.40. The molecule has 0 saturated carbocycles. The summed E-state index contributed by atoms with van der Waals surface area (Å²) in [7, 11) is 0. The molecule has 18 heavy (non-hydrogen) atoms. The molecule has 1 heterocycles. The Morgan fingerprint density at radius 2 is 2.11 bits per heavy atom. The van der Waals surface area contributed by atoms with E-state index in [2.05, 4.69) is 31.9 Å². The summed E-state index contributed by atoms with van der Waals surface area (Å²) < 4.78 is 7.79. The lowest BCUT2D eigenvalue weighted by Gasteiger charge is -2.13. The summed E-state index contributed by atoms with van der Waals surface area (Å²) >= 11 is 8.53. The van der Waals surface area contributed by atoms with Crippen LogP contribution in [-0.2, 0) is 6.61 Å². The molecular weight excluding hydrogens is 380 g/mol. The molecule has 0 spiro atoms. The van der Waals surface area contributed by atoms with E-state index in [1.807, 2.05) is 29.6 Å². The summed E-state index contributed by atoms with van der Waals surface area (Å²) in [5.74, 6) is 0.708. The van der Waals surface area contributed by atoms with E-state index in [4.69, 9.17) is 4.74 Å². The van der Waals surface area contributed by atoms with Gasteiger partial charge in [0.2, 0.25) is 0 Å². The van der Waals surface area contributed by atoms with Gasteiger partial charge in [0.05, 0.1) is 11.0 Å². The standard InChI is InChI=1S/C13H12Br2O2S/c1-8(16)10-3-2-9(14)6-12(10)17-7-13-11(15)4-5-18-13/h2-6,8,16H,7H2,1H3. The average Bonchev–Trinajstić information content (AvgIpc) is 2.72. The van der Waals surface area contributed by atoms with Crippen molar-refractivity contribution in [2.45, 2.75) is 19.6 Å². The van der Waals surface area contributed by atoms with Gasteiger partial charge in [-0.1, -0.05) is 22.0 Å². The summed E-state index contributed by atoms with van der Waals surface area (Å²) in [6, 6.07) is 7.65. The smallest absolute Gasteiger partial charge is 0.126 e. The van der Waals surface area contributed by atoms with E-state index in [0.717, 1.165) is 19.4 Å². The van der Waals surface area contributed by atoms with Gasteiger partial charge < -0.3 is 9.84 Å². The molecule has 1 atom stereocenters. The maximum Gasteiger partial charge on any atom is 0.126 e. The van der Waals surface area contributed by atoms with Crippen LogP contribution in [0.3, 0.4) is 0 Å². The van der Waals surface area contributed by atoms with Gasteiger partial charge in [0.1, 0.15) is 12.4 Å². The minimum atomic E-state index is -0.542. The molecule has 0 aliphatic carbocycles. The molecule has 0 amide bonds. The Hall–Kier alpha value is -0.360. The molecule has 0 fully saturated rings. The van der Waals surface area contributed by atoms with Crippen molar-refractivity contribution in [1.29, 1.82) is 0 Å².